The normalized spacial score (nSPS) is 26.5. The van der Waals surface area contributed by atoms with Gasteiger partial charge in [0.2, 0.25) is 0 Å². The standard InChI is InChI=1S/C12H24O5/c1-11(13-3,14-4)9-7-8-10(17-9)12(2,15-5)16-6/h9-10H,7-8H2,1-6H3. The third kappa shape index (κ3) is 2.80. The molecule has 1 heterocycles. The summed E-state index contributed by atoms with van der Waals surface area (Å²) in [5, 5.41) is 0. The van der Waals surface area contributed by atoms with Crippen molar-refractivity contribution in [2.45, 2.75) is 50.5 Å². The molecular formula is C12H24O5. The van der Waals surface area contributed by atoms with Crippen molar-refractivity contribution >= 4 is 0 Å². The van der Waals surface area contributed by atoms with Crippen molar-refractivity contribution in [2.24, 2.45) is 0 Å². The predicted molar refractivity (Wildman–Crippen MR) is 62.7 cm³/mol. The minimum absolute atomic E-state index is 0.118. The second-order valence-electron chi connectivity index (χ2n) is 4.54. The lowest BCUT2D eigenvalue weighted by Crippen LogP contribution is -2.47. The summed E-state index contributed by atoms with van der Waals surface area (Å²) in [5.74, 6) is -1.45. The number of methoxy groups -OCH3 is 4. The number of hydrogen-bond acceptors (Lipinski definition) is 5. The average molecular weight is 248 g/mol. The molecule has 1 saturated heterocycles. The molecule has 0 aliphatic carbocycles. The van der Waals surface area contributed by atoms with Crippen LogP contribution in [0.5, 0.6) is 0 Å². The fraction of sp³-hybridized carbons (Fsp3) is 1.00. The minimum atomic E-state index is -0.725. The van der Waals surface area contributed by atoms with E-state index in [2.05, 4.69) is 0 Å². The highest BCUT2D eigenvalue weighted by molar-refractivity contribution is 4.89. The predicted octanol–water partition coefficient (Wildman–Crippen LogP) is 1.55. The van der Waals surface area contributed by atoms with E-state index in [4.69, 9.17) is 23.7 Å². The zero-order chi connectivity index (χ0) is 13.1. The maximum atomic E-state index is 5.96. The van der Waals surface area contributed by atoms with Gasteiger partial charge in [0.1, 0.15) is 12.2 Å². The second-order valence-corrected chi connectivity index (χ2v) is 4.54. The molecule has 5 nitrogen and oxygen atoms in total. The van der Waals surface area contributed by atoms with Gasteiger partial charge in [-0.3, -0.25) is 0 Å². The summed E-state index contributed by atoms with van der Waals surface area (Å²) in [6.07, 6.45) is 1.47. The van der Waals surface area contributed by atoms with E-state index < -0.39 is 11.6 Å². The molecule has 0 aromatic heterocycles. The average Bonchev–Trinajstić information content (AvgIpc) is 2.87. The van der Waals surface area contributed by atoms with E-state index in [0.717, 1.165) is 12.8 Å². The maximum absolute atomic E-state index is 5.96. The van der Waals surface area contributed by atoms with Gasteiger partial charge >= 0.3 is 0 Å². The molecule has 1 aliphatic rings. The summed E-state index contributed by atoms with van der Waals surface area (Å²) in [7, 11) is 6.47. The van der Waals surface area contributed by atoms with E-state index >= 15 is 0 Å². The van der Waals surface area contributed by atoms with Crippen molar-refractivity contribution < 1.29 is 23.7 Å². The van der Waals surface area contributed by atoms with Gasteiger partial charge in [-0.2, -0.15) is 0 Å². The zero-order valence-electron chi connectivity index (χ0n) is 11.6. The van der Waals surface area contributed by atoms with Crippen LogP contribution < -0.4 is 0 Å². The quantitative estimate of drug-likeness (QED) is 0.667. The van der Waals surface area contributed by atoms with E-state index in [0.29, 0.717) is 0 Å². The van der Waals surface area contributed by atoms with Gasteiger partial charge in [-0.25, -0.2) is 0 Å². The van der Waals surface area contributed by atoms with Gasteiger partial charge < -0.3 is 23.7 Å². The molecule has 0 bridgehead atoms. The Labute approximate surface area is 103 Å². The van der Waals surface area contributed by atoms with Crippen molar-refractivity contribution in [3.05, 3.63) is 0 Å². The molecule has 1 aliphatic heterocycles. The SMILES string of the molecule is COC(C)(OC)C1CCC(C(C)(OC)OC)O1. The molecule has 0 aromatic rings. The molecule has 1 rings (SSSR count). The fourth-order valence-corrected chi connectivity index (χ4v) is 2.10. The van der Waals surface area contributed by atoms with Crippen molar-refractivity contribution in [3.63, 3.8) is 0 Å². The summed E-state index contributed by atoms with van der Waals surface area (Å²) >= 11 is 0. The van der Waals surface area contributed by atoms with E-state index in [1.54, 1.807) is 28.4 Å². The Morgan fingerprint density at radius 1 is 0.765 bits per heavy atom. The molecule has 2 unspecified atom stereocenters. The van der Waals surface area contributed by atoms with Crippen molar-refractivity contribution in [2.75, 3.05) is 28.4 Å². The molecule has 0 spiro atoms. The van der Waals surface area contributed by atoms with Crippen LogP contribution in [0.4, 0.5) is 0 Å². The van der Waals surface area contributed by atoms with Gasteiger partial charge in [0.15, 0.2) is 11.6 Å². The van der Waals surface area contributed by atoms with E-state index in [-0.39, 0.29) is 12.2 Å². The van der Waals surface area contributed by atoms with Gasteiger partial charge in [-0.15, -0.1) is 0 Å². The minimum Gasteiger partial charge on any atom is -0.364 e. The largest absolute Gasteiger partial charge is 0.364 e. The third-order valence-corrected chi connectivity index (χ3v) is 3.81. The first-order valence-electron chi connectivity index (χ1n) is 5.81. The number of rotatable bonds is 6. The summed E-state index contributed by atoms with van der Waals surface area (Å²) in [6.45, 7) is 3.74. The van der Waals surface area contributed by atoms with Gasteiger partial charge in [-0.1, -0.05) is 0 Å². The van der Waals surface area contributed by atoms with E-state index in [1.807, 2.05) is 13.8 Å². The van der Waals surface area contributed by atoms with Crippen LogP contribution in [0.1, 0.15) is 26.7 Å². The van der Waals surface area contributed by atoms with Gasteiger partial charge in [0.25, 0.3) is 0 Å². The van der Waals surface area contributed by atoms with Crippen molar-refractivity contribution in [3.8, 4) is 0 Å². The van der Waals surface area contributed by atoms with Crippen LogP contribution >= 0.6 is 0 Å². The van der Waals surface area contributed by atoms with Crippen LogP contribution in [-0.4, -0.2) is 52.2 Å². The Morgan fingerprint density at radius 2 is 1.06 bits per heavy atom. The monoisotopic (exact) mass is 248 g/mol. The zero-order valence-corrected chi connectivity index (χ0v) is 11.6. The summed E-state index contributed by atoms with van der Waals surface area (Å²) in [5.41, 5.74) is 0. The molecule has 0 N–H and O–H groups in total. The first-order valence-corrected chi connectivity index (χ1v) is 5.81. The summed E-state index contributed by atoms with van der Waals surface area (Å²) in [6, 6.07) is 0. The third-order valence-electron chi connectivity index (χ3n) is 3.81. The summed E-state index contributed by atoms with van der Waals surface area (Å²) in [4.78, 5) is 0. The van der Waals surface area contributed by atoms with Crippen LogP contribution in [0.2, 0.25) is 0 Å². The Bertz CT molecular complexity index is 211. The highest BCUT2D eigenvalue weighted by Crippen LogP contribution is 2.36. The molecular weight excluding hydrogens is 224 g/mol. The molecule has 102 valence electrons. The summed E-state index contributed by atoms with van der Waals surface area (Å²) < 4.78 is 27.4. The first-order chi connectivity index (χ1) is 7.95. The second kappa shape index (κ2) is 5.63. The van der Waals surface area contributed by atoms with Crippen LogP contribution in [0, 0.1) is 0 Å². The molecule has 5 heteroatoms. The highest BCUT2D eigenvalue weighted by atomic mass is 16.7. The Balaban J connectivity index is 2.70. The van der Waals surface area contributed by atoms with Gasteiger partial charge in [-0.05, 0) is 26.7 Å². The molecule has 1 fully saturated rings. The lowest BCUT2D eigenvalue weighted by atomic mass is 10.1. The van der Waals surface area contributed by atoms with E-state index in [1.165, 1.54) is 0 Å². The van der Waals surface area contributed by atoms with Gasteiger partial charge in [0.05, 0.1) is 0 Å². The lowest BCUT2D eigenvalue weighted by Gasteiger charge is -2.35. The van der Waals surface area contributed by atoms with Crippen molar-refractivity contribution in [1.82, 2.24) is 0 Å². The van der Waals surface area contributed by atoms with Crippen LogP contribution in [-0.2, 0) is 23.7 Å². The highest BCUT2D eigenvalue weighted by Gasteiger charge is 2.47. The van der Waals surface area contributed by atoms with Crippen LogP contribution in [0.3, 0.4) is 0 Å². The maximum Gasteiger partial charge on any atom is 0.191 e. The Morgan fingerprint density at radius 3 is 1.29 bits per heavy atom. The molecule has 0 saturated carbocycles. The molecule has 0 aromatic carbocycles. The van der Waals surface area contributed by atoms with Crippen LogP contribution in [0.25, 0.3) is 0 Å². The Hall–Kier alpha value is -0.200. The number of ether oxygens (including phenoxy) is 5. The topological polar surface area (TPSA) is 46.2 Å². The Kier molecular flexibility index (Phi) is 4.92. The smallest absolute Gasteiger partial charge is 0.191 e. The van der Waals surface area contributed by atoms with E-state index in [9.17, 15) is 0 Å². The lowest BCUT2D eigenvalue weighted by molar-refractivity contribution is -0.292. The number of hydrogen-bond donors (Lipinski definition) is 0. The molecule has 0 radical (unpaired) electrons. The van der Waals surface area contributed by atoms with Crippen molar-refractivity contribution in [1.29, 1.82) is 0 Å². The molecule has 0 amide bonds. The van der Waals surface area contributed by atoms with Gasteiger partial charge in [0, 0.05) is 28.4 Å². The fourth-order valence-electron chi connectivity index (χ4n) is 2.10. The van der Waals surface area contributed by atoms with Crippen LogP contribution in [0.15, 0.2) is 0 Å². The molecule has 2 atom stereocenters. The first kappa shape index (κ1) is 14.9. The molecule has 17 heavy (non-hydrogen) atoms.